The Morgan fingerprint density at radius 3 is 2.93 bits per heavy atom. The van der Waals surface area contributed by atoms with Crippen molar-refractivity contribution in [3.63, 3.8) is 0 Å². The van der Waals surface area contributed by atoms with E-state index < -0.39 is 0 Å². The van der Waals surface area contributed by atoms with Crippen molar-refractivity contribution in [2.24, 2.45) is 5.73 Å². The summed E-state index contributed by atoms with van der Waals surface area (Å²) in [4.78, 5) is 4.15. The van der Waals surface area contributed by atoms with Crippen LogP contribution < -0.4 is 5.73 Å². The van der Waals surface area contributed by atoms with E-state index in [-0.39, 0.29) is 11.1 Å². The molecular formula is C9H10ClN3O2. The lowest BCUT2D eigenvalue weighted by atomic mass is 10.2. The largest absolute Gasteiger partial charge is 0.440 e. The second kappa shape index (κ2) is 4.04. The first-order valence-electron chi connectivity index (χ1n) is 4.50. The third-order valence-corrected chi connectivity index (χ3v) is 2.22. The molecule has 2 rings (SSSR count). The lowest BCUT2D eigenvalue weighted by molar-refractivity contribution is 0.405. The van der Waals surface area contributed by atoms with Gasteiger partial charge in [0.05, 0.1) is 0 Å². The number of hydrogen-bond donors (Lipinski definition) is 1. The monoisotopic (exact) mass is 227 g/mol. The number of rotatable bonds is 3. The number of nitrogens with two attached hydrogens (primary N) is 1. The minimum atomic E-state index is 0.0629. The molecule has 0 aromatic carbocycles. The standard InChI is InChI=1S/C9H10ClN3O2/c1-5(4-11)8-12-9(15-13-8)6-2-3-7(10)14-6/h2-3,5H,4,11H2,1H3. The van der Waals surface area contributed by atoms with Crippen LogP contribution in [0.25, 0.3) is 11.7 Å². The number of hydrogen-bond acceptors (Lipinski definition) is 5. The molecule has 2 N–H and O–H groups in total. The van der Waals surface area contributed by atoms with E-state index in [0.29, 0.717) is 24.0 Å². The summed E-state index contributed by atoms with van der Waals surface area (Å²) in [5, 5.41) is 4.09. The van der Waals surface area contributed by atoms with E-state index in [1.807, 2.05) is 6.92 Å². The Labute approximate surface area is 91.2 Å². The Balaban J connectivity index is 2.27. The molecule has 0 spiro atoms. The Hall–Kier alpha value is -1.33. The predicted molar refractivity (Wildman–Crippen MR) is 54.5 cm³/mol. The third kappa shape index (κ3) is 2.03. The molecule has 0 aliphatic carbocycles. The van der Waals surface area contributed by atoms with Crippen LogP contribution in [-0.4, -0.2) is 16.7 Å². The van der Waals surface area contributed by atoms with E-state index in [2.05, 4.69) is 10.1 Å². The van der Waals surface area contributed by atoms with Gasteiger partial charge < -0.3 is 14.7 Å². The van der Waals surface area contributed by atoms with Gasteiger partial charge in [-0.15, -0.1) is 0 Å². The molecule has 6 heteroatoms. The van der Waals surface area contributed by atoms with Crippen molar-refractivity contribution in [2.45, 2.75) is 12.8 Å². The van der Waals surface area contributed by atoms with Crippen LogP contribution in [-0.2, 0) is 0 Å². The van der Waals surface area contributed by atoms with Gasteiger partial charge in [-0.05, 0) is 23.7 Å². The smallest absolute Gasteiger partial charge is 0.293 e. The first-order chi connectivity index (χ1) is 7.20. The maximum Gasteiger partial charge on any atom is 0.293 e. The zero-order valence-electron chi connectivity index (χ0n) is 8.11. The Morgan fingerprint density at radius 2 is 2.33 bits per heavy atom. The maximum absolute atomic E-state index is 5.63. The van der Waals surface area contributed by atoms with Gasteiger partial charge in [-0.25, -0.2) is 0 Å². The Kier molecular flexibility index (Phi) is 2.75. The van der Waals surface area contributed by atoms with E-state index in [0.717, 1.165) is 0 Å². The van der Waals surface area contributed by atoms with Crippen LogP contribution in [0.5, 0.6) is 0 Å². The highest BCUT2D eigenvalue weighted by atomic mass is 35.5. The summed E-state index contributed by atoms with van der Waals surface area (Å²) in [5.41, 5.74) is 5.49. The molecule has 2 aromatic rings. The van der Waals surface area contributed by atoms with Crippen LogP contribution in [0, 0.1) is 0 Å². The van der Waals surface area contributed by atoms with Crippen LogP contribution in [0.1, 0.15) is 18.7 Å². The molecule has 1 atom stereocenters. The molecule has 2 aromatic heterocycles. The summed E-state index contributed by atoms with van der Waals surface area (Å²) in [6.45, 7) is 2.39. The third-order valence-electron chi connectivity index (χ3n) is 2.02. The molecule has 0 radical (unpaired) electrons. The summed E-state index contributed by atoms with van der Waals surface area (Å²) in [6, 6.07) is 3.29. The molecule has 80 valence electrons. The highest BCUT2D eigenvalue weighted by Gasteiger charge is 2.15. The SMILES string of the molecule is CC(CN)c1noc(-c2ccc(Cl)o2)n1. The molecule has 2 heterocycles. The van der Waals surface area contributed by atoms with Crippen molar-refractivity contribution in [3.05, 3.63) is 23.2 Å². The molecule has 5 nitrogen and oxygen atoms in total. The average molecular weight is 228 g/mol. The first-order valence-corrected chi connectivity index (χ1v) is 4.88. The van der Waals surface area contributed by atoms with Crippen LogP contribution in [0.2, 0.25) is 5.22 Å². The van der Waals surface area contributed by atoms with Crippen molar-refractivity contribution >= 4 is 11.6 Å². The second-order valence-corrected chi connectivity index (χ2v) is 3.57. The lowest BCUT2D eigenvalue weighted by Gasteiger charge is -1.98. The van der Waals surface area contributed by atoms with Crippen LogP contribution >= 0.6 is 11.6 Å². The normalized spacial score (nSPS) is 13.0. The number of halogens is 1. The molecule has 1 unspecified atom stereocenters. The highest BCUT2D eigenvalue weighted by Crippen LogP contribution is 2.24. The molecular weight excluding hydrogens is 218 g/mol. The van der Waals surface area contributed by atoms with Gasteiger partial charge in [0.25, 0.3) is 5.89 Å². The summed E-state index contributed by atoms with van der Waals surface area (Å²) in [5.74, 6) is 1.41. The minimum Gasteiger partial charge on any atom is -0.440 e. The summed E-state index contributed by atoms with van der Waals surface area (Å²) in [7, 11) is 0. The van der Waals surface area contributed by atoms with Gasteiger partial charge in [0.1, 0.15) is 0 Å². The van der Waals surface area contributed by atoms with E-state index >= 15 is 0 Å². The van der Waals surface area contributed by atoms with Crippen molar-refractivity contribution in [2.75, 3.05) is 6.54 Å². The fourth-order valence-electron chi connectivity index (χ4n) is 1.07. The average Bonchev–Trinajstić information content (AvgIpc) is 2.84. The van der Waals surface area contributed by atoms with E-state index in [1.54, 1.807) is 12.1 Å². The quantitative estimate of drug-likeness (QED) is 0.868. The molecule has 0 bridgehead atoms. The van der Waals surface area contributed by atoms with Crippen LogP contribution in [0.15, 0.2) is 21.1 Å². The summed E-state index contributed by atoms with van der Waals surface area (Å²) >= 11 is 5.63. The minimum absolute atomic E-state index is 0.0629. The van der Waals surface area contributed by atoms with Crippen molar-refractivity contribution in [3.8, 4) is 11.7 Å². The zero-order chi connectivity index (χ0) is 10.8. The van der Waals surface area contributed by atoms with E-state index in [1.165, 1.54) is 0 Å². The number of furan rings is 1. The molecule has 0 fully saturated rings. The van der Waals surface area contributed by atoms with Crippen molar-refractivity contribution in [1.82, 2.24) is 10.1 Å². The van der Waals surface area contributed by atoms with Crippen LogP contribution in [0.4, 0.5) is 0 Å². The highest BCUT2D eigenvalue weighted by molar-refractivity contribution is 6.28. The predicted octanol–water partition coefficient (Wildman–Crippen LogP) is 2.05. The fourth-order valence-corrected chi connectivity index (χ4v) is 1.22. The van der Waals surface area contributed by atoms with Gasteiger partial charge in [0.2, 0.25) is 0 Å². The van der Waals surface area contributed by atoms with Crippen LogP contribution in [0.3, 0.4) is 0 Å². The van der Waals surface area contributed by atoms with Gasteiger partial charge in [-0.1, -0.05) is 12.1 Å². The molecule has 15 heavy (non-hydrogen) atoms. The second-order valence-electron chi connectivity index (χ2n) is 3.20. The fraction of sp³-hybridized carbons (Fsp3) is 0.333. The van der Waals surface area contributed by atoms with Gasteiger partial charge in [-0.3, -0.25) is 0 Å². The number of nitrogens with zero attached hydrogens (tertiary/aromatic N) is 2. The van der Waals surface area contributed by atoms with Gasteiger partial charge in [-0.2, -0.15) is 4.98 Å². The lowest BCUT2D eigenvalue weighted by Crippen LogP contribution is -2.10. The van der Waals surface area contributed by atoms with Gasteiger partial charge in [0, 0.05) is 12.5 Å². The van der Waals surface area contributed by atoms with E-state index in [9.17, 15) is 0 Å². The van der Waals surface area contributed by atoms with Gasteiger partial charge in [0.15, 0.2) is 16.8 Å². The van der Waals surface area contributed by atoms with E-state index in [4.69, 9.17) is 26.3 Å². The Morgan fingerprint density at radius 1 is 1.53 bits per heavy atom. The van der Waals surface area contributed by atoms with Crippen molar-refractivity contribution in [1.29, 1.82) is 0 Å². The molecule has 0 amide bonds. The zero-order valence-corrected chi connectivity index (χ0v) is 8.86. The van der Waals surface area contributed by atoms with Crippen molar-refractivity contribution < 1.29 is 8.94 Å². The molecule has 0 saturated carbocycles. The topological polar surface area (TPSA) is 78.1 Å². The molecule has 0 aliphatic rings. The summed E-state index contributed by atoms with van der Waals surface area (Å²) < 4.78 is 10.2. The number of aromatic nitrogens is 2. The Bertz CT molecular complexity index is 452. The first kappa shape index (κ1) is 10.2. The maximum atomic E-state index is 5.63. The van der Waals surface area contributed by atoms with Gasteiger partial charge >= 0.3 is 0 Å². The molecule has 0 aliphatic heterocycles. The molecule has 0 saturated heterocycles. The summed E-state index contributed by atoms with van der Waals surface area (Å²) in [6.07, 6.45) is 0.